The number of carbonyl (C=O) groups excluding carboxylic acids is 2. The molecule has 1 fully saturated rings. The van der Waals surface area contributed by atoms with Crippen molar-refractivity contribution in [2.45, 2.75) is 19.8 Å². The smallest absolute Gasteiger partial charge is 0.228 e. The highest BCUT2D eigenvalue weighted by molar-refractivity contribution is 5.96. The summed E-state index contributed by atoms with van der Waals surface area (Å²) in [6.45, 7) is 5.84. The van der Waals surface area contributed by atoms with Crippen LogP contribution in [0.25, 0.3) is 0 Å². The van der Waals surface area contributed by atoms with E-state index in [0.717, 1.165) is 50.6 Å². The van der Waals surface area contributed by atoms with Crippen molar-refractivity contribution in [2.24, 2.45) is 0 Å². The summed E-state index contributed by atoms with van der Waals surface area (Å²) in [7, 11) is 0. The topological polar surface area (TPSA) is 61.9 Å². The van der Waals surface area contributed by atoms with Gasteiger partial charge in [-0.1, -0.05) is 6.07 Å². The van der Waals surface area contributed by atoms with Crippen molar-refractivity contribution >= 4 is 23.2 Å². The lowest BCUT2D eigenvalue weighted by atomic mass is 10.1. The molecule has 2 heterocycles. The van der Waals surface area contributed by atoms with Gasteiger partial charge in [0, 0.05) is 50.9 Å². The van der Waals surface area contributed by atoms with Crippen molar-refractivity contribution < 1.29 is 14.3 Å². The SMILES string of the molecule is CC(=O)NCCC(=O)N1CCc2ccc(N3CCOCC3)cc21. The summed E-state index contributed by atoms with van der Waals surface area (Å²) >= 11 is 0. The van der Waals surface area contributed by atoms with E-state index < -0.39 is 0 Å². The minimum absolute atomic E-state index is 0.0663. The van der Waals surface area contributed by atoms with Crippen LogP contribution < -0.4 is 15.1 Å². The molecule has 0 atom stereocenters. The van der Waals surface area contributed by atoms with Gasteiger partial charge < -0.3 is 19.9 Å². The Hall–Kier alpha value is -2.08. The molecular weight excluding hydrogens is 294 g/mol. The highest BCUT2D eigenvalue weighted by Crippen LogP contribution is 2.32. The summed E-state index contributed by atoms with van der Waals surface area (Å²) in [6, 6.07) is 6.38. The van der Waals surface area contributed by atoms with E-state index in [2.05, 4.69) is 28.4 Å². The molecule has 0 unspecified atom stereocenters. The van der Waals surface area contributed by atoms with Crippen molar-refractivity contribution in [2.75, 3.05) is 49.2 Å². The van der Waals surface area contributed by atoms with Crippen LogP contribution in [0.4, 0.5) is 11.4 Å². The predicted octanol–water partition coefficient (Wildman–Crippen LogP) is 0.938. The number of amides is 2. The second-order valence-corrected chi connectivity index (χ2v) is 5.94. The quantitative estimate of drug-likeness (QED) is 0.898. The van der Waals surface area contributed by atoms with E-state index in [0.29, 0.717) is 13.0 Å². The number of ether oxygens (including phenoxy) is 1. The van der Waals surface area contributed by atoms with E-state index in [-0.39, 0.29) is 11.8 Å². The average Bonchev–Trinajstić information content (AvgIpc) is 2.98. The summed E-state index contributed by atoms with van der Waals surface area (Å²) in [5, 5.41) is 2.68. The van der Waals surface area contributed by atoms with E-state index in [1.807, 2.05) is 4.90 Å². The molecule has 2 aliphatic heterocycles. The van der Waals surface area contributed by atoms with E-state index >= 15 is 0 Å². The predicted molar refractivity (Wildman–Crippen MR) is 88.8 cm³/mol. The molecule has 0 spiro atoms. The molecule has 1 N–H and O–H groups in total. The zero-order chi connectivity index (χ0) is 16.2. The minimum Gasteiger partial charge on any atom is -0.378 e. The Morgan fingerprint density at radius 1 is 1.22 bits per heavy atom. The van der Waals surface area contributed by atoms with Gasteiger partial charge in [-0.15, -0.1) is 0 Å². The molecule has 6 heteroatoms. The Bertz CT molecular complexity index is 597. The molecule has 124 valence electrons. The molecule has 3 rings (SSSR count). The van der Waals surface area contributed by atoms with Crippen LogP contribution in [0.1, 0.15) is 18.9 Å². The third-order valence-corrected chi connectivity index (χ3v) is 4.35. The van der Waals surface area contributed by atoms with E-state index in [1.54, 1.807) is 0 Å². The van der Waals surface area contributed by atoms with Gasteiger partial charge in [0.05, 0.1) is 13.2 Å². The zero-order valence-corrected chi connectivity index (χ0v) is 13.5. The largest absolute Gasteiger partial charge is 0.378 e. The number of anilines is 2. The molecule has 0 aliphatic carbocycles. The second-order valence-electron chi connectivity index (χ2n) is 5.94. The molecule has 0 saturated carbocycles. The van der Waals surface area contributed by atoms with Crippen molar-refractivity contribution in [1.29, 1.82) is 0 Å². The first-order valence-corrected chi connectivity index (χ1v) is 8.15. The summed E-state index contributed by atoms with van der Waals surface area (Å²) in [4.78, 5) is 27.5. The number of fused-ring (bicyclic) bond motifs is 1. The van der Waals surface area contributed by atoms with Gasteiger partial charge in [-0.25, -0.2) is 0 Å². The van der Waals surface area contributed by atoms with Crippen molar-refractivity contribution in [3.63, 3.8) is 0 Å². The molecule has 6 nitrogen and oxygen atoms in total. The first-order valence-electron chi connectivity index (χ1n) is 8.15. The molecule has 0 bridgehead atoms. The van der Waals surface area contributed by atoms with Gasteiger partial charge in [0.25, 0.3) is 0 Å². The van der Waals surface area contributed by atoms with Gasteiger partial charge in [0.15, 0.2) is 0 Å². The Morgan fingerprint density at radius 3 is 2.74 bits per heavy atom. The number of nitrogens with zero attached hydrogens (tertiary/aromatic N) is 2. The van der Waals surface area contributed by atoms with E-state index in [1.165, 1.54) is 12.5 Å². The van der Waals surface area contributed by atoms with Crippen LogP contribution in [0.15, 0.2) is 18.2 Å². The van der Waals surface area contributed by atoms with Gasteiger partial charge in [-0.3, -0.25) is 9.59 Å². The van der Waals surface area contributed by atoms with Gasteiger partial charge in [-0.05, 0) is 24.1 Å². The van der Waals surface area contributed by atoms with Crippen LogP contribution in [-0.2, 0) is 20.7 Å². The lowest BCUT2D eigenvalue weighted by Crippen LogP contribution is -2.36. The number of hydrogen-bond donors (Lipinski definition) is 1. The van der Waals surface area contributed by atoms with Crippen LogP contribution in [0.2, 0.25) is 0 Å². The first kappa shape index (κ1) is 15.8. The third-order valence-electron chi connectivity index (χ3n) is 4.35. The molecule has 1 aromatic carbocycles. The van der Waals surface area contributed by atoms with Crippen LogP contribution in [0, 0.1) is 0 Å². The zero-order valence-electron chi connectivity index (χ0n) is 13.5. The summed E-state index contributed by atoms with van der Waals surface area (Å²) in [5.41, 5.74) is 3.38. The van der Waals surface area contributed by atoms with Crippen LogP contribution >= 0.6 is 0 Å². The number of nitrogens with one attached hydrogen (secondary N) is 1. The Morgan fingerprint density at radius 2 is 2.00 bits per heavy atom. The Kier molecular flexibility index (Phi) is 4.81. The Balaban J connectivity index is 1.70. The maximum Gasteiger partial charge on any atom is 0.228 e. The fourth-order valence-electron chi connectivity index (χ4n) is 3.13. The number of rotatable bonds is 4. The number of hydrogen-bond acceptors (Lipinski definition) is 4. The molecular formula is C17H23N3O3. The normalized spacial score (nSPS) is 17.1. The number of morpholine rings is 1. The van der Waals surface area contributed by atoms with Gasteiger partial charge in [0.1, 0.15) is 0 Å². The maximum absolute atomic E-state index is 12.4. The Labute approximate surface area is 136 Å². The van der Waals surface area contributed by atoms with Gasteiger partial charge >= 0.3 is 0 Å². The van der Waals surface area contributed by atoms with Crippen molar-refractivity contribution in [3.8, 4) is 0 Å². The van der Waals surface area contributed by atoms with Crippen LogP contribution in [0.3, 0.4) is 0 Å². The standard InChI is InChI=1S/C17H23N3O3/c1-13(21)18-6-4-17(22)20-7-5-14-2-3-15(12-16(14)20)19-8-10-23-11-9-19/h2-3,12H,4-11H2,1H3,(H,18,21). The molecule has 0 aromatic heterocycles. The molecule has 0 radical (unpaired) electrons. The van der Waals surface area contributed by atoms with Gasteiger partial charge in [0.2, 0.25) is 11.8 Å². The summed E-state index contributed by atoms with van der Waals surface area (Å²) in [5.74, 6) is -0.0362. The molecule has 1 aromatic rings. The minimum atomic E-state index is -0.103. The molecule has 1 saturated heterocycles. The van der Waals surface area contributed by atoms with Crippen LogP contribution in [0.5, 0.6) is 0 Å². The fourth-order valence-corrected chi connectivity index (χ4v) is 3.13. The van der Waals surface area contributed by atoms with E-state index in [4.69, 9.17) is 4.74 Å². The first-order chi connectivity index (χ1) is 11.1. The average molecular weight is 317 g/mol. The van der Waals surface area contributed by atoms with E-state index in [9.17, 15) is 9.59 Å². The number of benzene rings is 1. The van der Waals surface area contributed by atoms with Gasteiger partial charge in [-0.2, -0.15) is 0 Å². The van der Waals surface area contributed by atoms with Crippen molar-refractivity contribution in [1.82, 2.24) is 5.32 Å². The summed E-state index contributed by atoms with van der Waals surface area (Å²) in [6.07, 6.45) is 1.23. The third kappa shape index (κ3) is 3.64. The lowest BCUT2D eigenvalue weighted by Gasteiger charge is -2.29. The maximum atomic E-state index is 12.4. The number of carbonyl (C=O) groups is 2. The van der Waals surface area contributed by atoms with Crippen LogP contribution in [-0.4, -0.2) is 51.2 Å². The fraction of sp³-hybridized carbons (Fsp3) is 0.529. The van der Waals surface area contributed by atoms with Crippen molar-refractivity contribution in [3.05, 3.63) is 23.8 Å². The highest BCUT2D eigenvalue weighted by atomic mass is 16.5. The molecule has 2 amide bonds. The highest BCUT2D eigenvalue weighted by Gasteiger charge is 2.25. The summed E-state index contributed by atoms with van der Waals surface area (Å²) < 4.78 is 5.40. The lowest BCUT2D eigenvalue weighted by molar-refractivity contribution is -0.119. The molecule has 2 aliphatic rings. The second kappa shape index (κ2) is 7.00. The molecule has 23 heavy (non-hydrogen) atoms. The monoisotopic (exact) mass is 317 g/mol.